The summed E-state index contributed by atoms with van der Waals surface area (Å²) in [5.74, 6) is -1.47. The zero-order valence-electron chi connectivity index (χ0n) is 10.1. The van der Waals surface area contributed by atoms with Crippen LogP contribution in [0.25, 0.3) is 0 Å². The van der Waals surface area contributed by atoms with Crippen molar-refractivity contribution < 1.29 is 19.8 Å². The number of hydrogen-bond acceptors (Lipinski definition) is 5. The maximum Gasteiger partial charge on any atom is 0.326 e. The number of aliphatic carboxylic acids is 1. The molecule has 0 aliphatic carbocycles. The second kappa shape index (κ2) is 7.01. The zero-order valence-corrected chi connectivity index (χ0v) is 11.0. The van der Waals surface area contributed by atoms with Crippen molar-refractivity contribution in [1.82, 2.24) is 5.32 Å². The molecule has 0 aromatic heterocycles. The summed E-state index contributed by atoms with van der Waals surface area (Å²) in [4.78, 5) is 22.6. The lowest BCUT2D eigenvalue weighted by Gasteiger charge is -2.17. The highest BCUT2D eigenvalue weighted by Crippen LogP contribution is 2.11. The largest absolute Gasteiger partial charge is 0.508 e. The minimum atomic E-state index is -1.15. The predicted octanol–water partition coefficient (Wildman–Crippen LogP) is -0.239. The van der Waals surface area contributed by atoms with Crippen LogP contribution < -0.4 is 11.1 Å². The Hall–Kier alpha value is -1.73. The van der Waals surface area contributed by atoms with E-state index in [-0.39, 0.29) is 17.9 Å². The van der Waals surface area contributed by atoms with E-state index in [9.17, 15) is 9.59 Å². The van der Waals surface area contributed by atoms with E-state index in [2.05, 4.69) is 17.9 Å². The molecular formula is C12H16N2O4S. The van der Waals surface area contributed by atoms with Crippen LogP contribution in [0.5, 0.6) is 5.75 Å². The topological polar surface area (TPSA) is 113 Å². The summed E-state index contributed by atoms with van der Waals surface area (Å²) in [5.41, 5.74) is 6.15. The molecule has 0 saturated carbocycles. The van der Waals surface area contributed by atoms with Crippen LogP contribution in [-0.4, -0.2) is 39.9 Å². The van der Waals surface area contributed by atoms with Crippen LogP contribution in [0.15, 0.2) is 24.3 Å². The monoisotopic (exact) mass is 284 g/mol. The molecule has 0 heterocycles. The lowest BCUT2D eigenvalue weighted by molar-refractivity contribution is -0.141. The fraction of sp³-hybridized carbons (Fsp3) is 0.333. The van der Waals surface area contributed by atoms with Gasteiger partial charge in [0.05, 0.1) is 6.04 Å². The standard InChI is InChI=1S/C12H16N2O4S/c13-9(6-19)11(16)14-10(12(17)18)5-7-1-3-8(15)4-2-7/h1-4,9-10,15,19H,5-6,13H2,(H,14,16)(H,17,18)/t9-,10+/m0/s1. The number of nitrogens with two attached hydrogens (primary N) is 1. The van der Waals surface area contributed by atoms with Crippen LogP contribution in [0.1, 0.15) is 5.56 Å². The molecule has 1 rings (SSSR count). The highest BCUT2D eigenvalue weighted by atomic mass is 32.1. The Labute approximate surface area is 116 Å². The third-order valence-corrected chi connectivity index (χ3v) is 2.92. The number of phenolic OH excluding ortho intramolecular Hbond substituents is 1. The summed E-state index contributed by atoms with van der Waals surface area (Å²) in [5, 5.41) is 20.6. The van der Waals surface area contributed by atoms with Crippen LogP contribution >= 0.6 is 12.6 Å². The van der Waals surface area contributed by atoms with E-state index in [1.165, 1.54) is 12.1 Å². The fourth-order valence-electron chi connectivity index (χ4n) is 1.43. The Kier molecular flexibility index (Phi) is 5.65. The molecule has 0 fully saturated rings. The molecule has 0 aliphatic rings. The molecule has 0 spiro atoms. The lowest BCUT2D eigenvalue weighted by atomic mass is 10.1. The van der Waals surface area contributed by atoms with Gasteiger partial charge in [0, 0.05) is 12.2 Å². The zero-order chi connectivity index (χ0) is 14.4. The molecule has 19 heavy (non-hydrogen) atoms. The van der Waals surface area contributed by atoms with E-state index >= 15 is 0 Å². The second-order valence-corrected chi connectivity index (χ2v) is 4.42. The number of benzene rings is 1. The molecule has 104 valence electrons. The molecule has 2 atom stereocenters. The minimum absolute atomic E-state index is 0.0942. The molecule has 1 aromatic carbocycles. The summed E-state index contributed by atoms with van der Waals surface area (Å²) < 4.78 is 0. The number of carbonyl (C=O) groups is 2. The minimum Gasteiger partial charge on any atom is -0.508 e. The second-order valence-electron chi connectivity index (χ2n) is 4.06. The van der Waals surface area contributed by atoms with Crippen LogP contribution in [0, 0.1) is 0 Å². The summed E-state index contributed by atoms with van der Waals surface area (Å²) in [6.45, 7) is 0. The molecule has 0 radical (unpaired) electrons. The van der Waals surface area contributed by atoms with Gasteiger partial charge in [0.2, 0.25) is 5.91 Å². The average molecular weight is 284 g/mol. The molecule has 0 bridgehead atoms. The number of aromatic hydroxyl groups is 1. The SMILES string of the molecule is N[C@@H](CS)C(=O)N[C@H](Cc1ccc(O)cc1)C(=O)O. The first-order valence-electron chi connectivity index (χ1n) is 5.61. The Bertz CT molecular complexity index is 450. The van der Waals surface area contributed by atoms with E-state index in [0.717, 1.165) is 0 Å². The number of amides is 1. The number of hydrogen-bond donors (Lipinski definition) is 5. The maximum atomic E-state index is 11.5. The Morgan fingerprint density at radius 2 is 1.89 bits per heavy atom. The van der Waals surface area contributed by atoms with E-state index in [1.54, 1.807) is 12.1 Å². The molecule has 1 amide bonds. The van der Waals surface area contributed by atoms with Crippen LogP contribution in [0.2, 0.25) is 0 Å². The van der Waals surface area contributed by atoms with Gasteiger partial charge in [-0.1, -0.05) is 12.1 Å². The van der Waals surface area contributed by atoms with Crippen molar-refractivity contribution in [2.75, 3.05) is 5.75 Å². The molecule has 0 aliphatic heterocycles. The number of carboxylic acid groups (broad SMARTS) is 1. The van der Waals surface area contributed by atoms with Gasteiger partial charge in [-0.25, -0.2) is 4.79 Å². The van der Waals surface area contributed by atoms with E-state index in [1.807, 2.05) is 0 Å². The van der Waals surface area contributed by atoms with Crippen LogP contribution in [0.4, 0.5) is 0 Å². The Morgan fingerprint density at radius 1 is 1.32 bits per heavy atom. The Balaban J connectivity index is 2.71. The first kappa shape index (κ1) is 15.3. The smallest absolute Gasteiger partial charge is 0.326 e. The lowest BCUT2D eigenvalue weighted by Crippen LogP contribution is -2.50. The van der Waals surface area contributed by atoms with Crippen molar-refractivity contribution in [3.05, 3.63) is 29.8 Å². The normalized spacial score (nSPS) is 13.6. The van der Waals surface area contributed by atoms with E-state index in [0.29, 0.717) is 5.56 Å². The van der Waals surface area contributed by atoms with E-state index < -0.39 is 24.0 Å². The van der Waals surface area contributed by atoms with E-state index in [4.69, 9.17) is 15.9 Å². The number of rotatable bonds is 6. The molecule has 5 N–H and O–H groups in total. The van der Waals surface area contributed by atoms with Gasteiger partial charge in [0.15, 0.2) is 0 Å². The fourth-order valence-corrected chi connectivity index (χ4v) is 1.60. The number of nitrogens with one attached hydrogen (secondary N) is 1. The average Bonchev–Trinajstić information content (AvgIpc) is 2.39. The number of carboxylic acids is 1. The molecule has 1 aromatic rings. The van der Waals surface area contributed by atoms with Gasteiger partial charge in [0.25, 0.3) is 0 Å². The first-order chi connectivity index (χ1) is 8.93. The highest BCUT2D eigenvalue weighted by Gasteiger charge is 2.22. The molecule has 6 nitrogen and oxygen atoms in total. The van der Waals surface area contributed by atoms with Gasteiger partial charge in [-0.15, -0.1) is 0 Å². The third-order valence-electron chi connectivity index (χ3n) is 2.52. The first-order valence-corrected chi connectivity index (χ1v) is 6.24. The summed E-state index contributed by atoms with van der Waals surface area (Å²) in [7, 11) is 0. The quantitative estimate of drug-likeness (QED) is 0.463. The van der Waals surface area contributed by atoms with Gasteiger partial charge in [-0.05, 0) is 17.7 Å². The number of phenols is 1. The summed E-state index contributed by atoms with van der Waals surface area (Å²) in [6, 6.07) is 4.18. The van der Waals surface area contributed by atoms with Gasteiger partial charge in [-0.3, -0.25) is 4.79 Å². The van der Waals surface area contributed by atoms with Gasteiger partial charge < -0.3 is 21.3 Å². The van der Waals surface area contributed by atoms with Crippen molar-refractivity contribution in [2.45, 2.75) is 18.5 Å². The van der Waals surface area contributed by atoms with Crippen molar-refractivity contribution in [1.29, 1.82) is 0 Å². The third kappa shape index (κ3) is 4.80. The van der Waals surface area contributed by atoms with Crippen molar-refractivity contribution >= 4 is 24.5 Å². The maximum absolute atomic E-state index is 11.5. The number of thiol groups is 1. The van der Waals surface area contributed by atoms with Gasteiger partial charge in [0.1, 0.15) is 11.8 Å². The molecule has 7 heteroatoms. The van der Waals surface area contributed by atoms with Crippen molar-refractivity contribution in [3.63, 3.8) is 0 Å². The molecule has 0 saturated heterocycles. The van der Waals surface area contributed by atoms with Gasteiger partial charge >= 0.3 is 5.97 Å². The molecular weight excluding hydrogens is 268 g/mol. The molecule has 0 unspecified atom stereocenters. The summed E-state index contributed by atoms with van der Waals surface area (Å²) in [6.07, 6.45) is 0.112. The van der Waals surface area contributed by atoms with Crippen molar-refractivity contribution in [2.24, 2.45) is 5.73 Å². The predicted molar refractivity (Wildman–Crippen MR) is 73.2 cm³/mol. The highest BCUT2D eigenvalue weighted by molar-refractivity contribution is 7.80. The van der Waals surface area contributed by atoms with Crippen LogP contribution in [0.3, 0.4) is 0 Å². The summed E-state index contributed by atoms with van der Waals surface area (Å²) >= 11 is 3.88. The number of carbonyl (C=O) groups excluding carboxylic acids is 1. The van der Waals surface area contributed by atoms with Gasteiger partial charge in [-0.2, -0.15) is 12.6 Å². The van der Waals surface area contributed by atoms with Crippen molar-refractivity contribution in [3.8, 4) is 5.75 Å². The van der Waals surface area contributed by atoms with Crippen LogP contribution in [-0.2, 0) is 16.0 Å². The Morgan fingerprint density at radius 3 is 2.37 bits per heavy atom.